The maximum absolute atomic E-state index is 13.4. The molecule has 8 nitrogen and oxygen atoms in total. The Hall–Kier alpha value is -2.12. The topological polar surface area (TPSA) is 127 Å². The van der Waals surface area contributed by atoms with Crippen molar-refractivity contribution in [1.82, 2.24) is 0 Å². The highest BCUT2D eigenvalue weighted by Gasteiger charge is 2.71. The van der Waals surface area contributed by atoms with Crippen molar-refractivity contribution in [3.63, 3.8) is 0 Å². The Bertz CT molecular complexity index is 1440. The lowest BCUT2D eigenvalue weighted by Crippen LogP contribution is -2.67. The van der Waals surface area contributed by atoms with Crippen LogP contribution in [0.4, 0.5) is 0 Å². The van der Waals surface area contributed by atoms with Gasteiger partial charge in [0.15, 0.2) is 0 Å². The number of carbonyl (C=O) groups is 4. The van der Waals surface area contributed by atoms with Crippen LogP contribution in [0.25, 0.3) is 0 Å². The Morgan fingerprint density at radius 2 is 1.28 bits per heavy atom. The average molecular weight is 757 g/mol. The van der Waals surface area contributed by atoms with Gasteiger partial charge in [-0.2, -0.15) is 0 Å². The zero-order valence-corrected chi connectivity index (χ0v) is 35.9. The van der Waals surface area contributed by atoms with Crippen LogP contribution in [0, 0.1) is 73.4 Å². The normalized spacial score (nSPS) is 40.5. The lowest BCUT2D eigenvalue weighted by atomic mass is 9.32. The molecule has 0 bridgehead atoms. The van der Waals surface area contributed by atoms with Gasteiger partial charge < -0.3 is 19.7 Å². The SMILES string of the molecule is CCC(C)(CC(=O)O)CC(=O)OC[C@]12CCC(C(C)C)C1C1CCC3[C@@]4(C)CC[C@H](OC(=O)CC(C)(CC)CC(=O)O)C(C)(C)C4CC[C@@]3(C)[C@]1(C)CC2. The highest BCUT2D eigenvalue weighted by atomic mass is 16.5. The first-order valence-electron chi connectivity index (χ1n) is 21.7. The zero-order valence-electron chi connectivity index (χ0n) is 35.9. The fourth-order valence-electron chi connectivity index (χ4n) is 14.5. The smallest absolute Gasteiger partial charge is 0.306 e. The second-order valence-electron chi connectivity index (χ2n) is 21.8. The lowest BCUT2D eigenvalue weighted by Gasteiger charge is -2.73. The van der Waals surface area contributed by atoms with Gasteiger partial charge in [0.1, 0.15) is 6.10 Å². The maximum Gasteiger partial charge on any atom is 0.306 e. The Morgan fingerprint density at radius 3 is 1.83 bits per heavy atom. The summed E-state index contributed by atoms with van der Waals surface area (Å²) in [4.78, 5) is 49.9. The van der Waals surface area contributed by atoms with E-state index in [0.29, 0.717) is 55.0 Å². The van der Waals surface area contributed by atoms with Crippen molar-refractivity contribution in [3.05, 3.63) is 0 Å². The molecule has 54 heavy (non-hydrogen) atoms. The Kier molecular flexibility index (Phi) is 11.9. The van der Waals surface area contributed by atoms with Crippen molar-refractivity contribution < 1.29 is 38.9 Å². The van der Waals surface area contributed by atoms with Crippen LogP contribution in [0.2, 0.25) is 0 Å². The molecule has 308 valence electrons. The molecule has 5 saturated carbocycles. The van der Waals surface area contributed by atoms with E-state index >= 15 is 0 Å². The number of hydrogen-bond acceptors (Lipinski definition) is 6. The molecule has 7 unspecified atom stereocenters. The molecular formula is C46H76O8. The van der Waals surface area contributed by atoms with Crippen LogP contribution < -0.4 is 0 Å². The summed E-state index contributed by atoms with van der Waals surface area (Å²) in [6, 6.07) is 0. The highest BCUT2D eigenvalue weighted by molar-refractivity contribution is 5.74. The molecule has 12 atom stereocenters. The molecular weight excluding hydrogens is 680 g/mol. The summed E-state index contributed by atoms with van der Waals surface area (Å²) in [6.07, 6.45) is 12.3. The number of hydrogen-bond donors (Lipinski definition) is 2. The fraction of sp³-hybridized carbons (Fsp3) is 0.913. The number of fused-ring (bicyclic) bond motifs is 7. The van der Waals surface area contributed by atoms with Crippen molar-refractivity contribution in [2.45, 2.75) is 185 Å². The molecule has 0 aromatic carbocycles. The van der Waals surface area contributed by atoms with Crippen LogP contribution in [0.3, 0.4) is 0 Å². The van der Waals surface area contributed by atoms with E-state index in [0.717, 1.165) is 38.5 Å². The van der Waals surface area contributed by atoms with Crippen molar-refractivity contribution in [1.29, 1.82) is 0 Å². The number of aliphatic carboxylic acids is 2. The molecule has 0 aliphatic heterocycles. The number of esters is 2. The van der Waals surface area contributed by atoms with E-state index in [4.69, 9.17) is 9.47 Å². The van der Waals surface area contributed by atoms with Gasteiger partial charge in [0, 0.05) is 10.8 Å². The van der Waals surface area contributed by atoms with Gasteiger partial charge in [-0.15, -0.1) is 0 Å². The minimum Gasteiger partial charge on any atom is -0.481 e. The van der Waals surface area contributed by atoms with Crippen molar-refractivity contribution in [2.75, 3.05) is 6.61 Å². The predicted molar refractivity (Wildman–Crippen MR) is 210 cm³/mol. The maximum atomic E-state index is 13.4. The minimum absolute atomic E-state index is 0.0171. The van der Waals surface area contributed by atoms with E-state index in [1.807, 2.05) is 27.7 Å². The predicted octanol–water partition coefficient (Wildman–Crippen LogP) is 10.7. The number of carbonyl (C=O) groups excluding carboxylic acids is 2. The Morgan fingerprint density at radius 1 is 0.685 bits per heavy atom. The monoisotopic (exact) mass is 757 g/mol. The molecule has 0 radical (unpaired) electrons. The zero-order chi connectivity index (χ0) is 40.3. The molecule has 0 aromatic heterocycles. The first-order chi connectivity index (χ1) is 24.9. The first-order valence-corrected chi connectivity index (χ1v) is 21.7. The lowest BCUT2D eigenvalue weighted by molar-refractivity contribution is -0.254. The van der Waals surface area contributed by atoms with Crippen molar-refractivity contribution in [2.24, 2.45) is 73.4 Å². The second kappa shape index (κ2) is 15.0. The van der Waals surface area contributed by atoms with Gasteiger partial charge in [-0.05, 0) is 140 Å². The van der Waals surface area contributed by atoms with Crippen LogP contribution in [-0.4, -0.2) is 46.8 Å². The van der Waals surface area contributed by atoms with E-state index < -0.39 is 22.8 Å². The summed E-state index contributed by atoms with van der Waals surface area (Å²) in [5.41, 5.74) is -0.934. The standard InChI is InChI=1S/C46H76O8/c1-12-41(7,24-35(47)48)26-37(51)53-28-46-21-16-30(29(3)4)39(46)31-14-15-33-43(9)19-18-34(54-38(52)27-42(8,13-2)25-36(49)50)40(5,6)32(43)17-20-45(33,11)44(31,10)22-23-46/h29-34,39H,12-28H2,1-11H3,(H,47,48)(H,49,50)/t30?,31?,32?,33?,34-,39?,41?,42?,43-,44+,45+,46+/m0/s1. The average Bonchev–Trinajstić information content (AvgIpc) is 3.45. The fourth-order valence-corrected chi connectivity index (χ4v) is 14.5. The van der Waals surface area contributed by atoms with E-state index in [9.17, 15) is 29.4 Å². The molecule has 8 heteroatoms. The molecule has 5 aliphatic carbocycles. The molecule has 5 fully saturated rings. The van der Waals surface area contributed by atoms with E-state index in [-0.39, 0.29) is 70.8 Å². The number of carboxylic acid groups (broad SMARTS) is 2. The molecule has 0 spiro atoms. The number of carboxylic acids is 2. The third kappa shape index (κ3) is 7.40. The highest BCUT2D eigenvalue weighted by Crippen LogP contribution is 2.77. The molecule has 2 N–H and O–H groups in total. The van der Waals surface area contributed by atoms with Gasteiger partial charge in [0.25, 0.3) is 0 Å². The number of rotatable bonds is 14. The van der Waals surface area contributed by atoms with Gasteiger partial charge in [-0.1, -0.05) is 76.2 Å². The molecule has 0 aromatic rings. The molecule has 0 amide bonds. The van der Waals surface area contributed by atoms with E-state index in [2.05, 4.69) is 48.5 Å². The van der Waals surface area contributed by atoms with E-state index in [1.165, 1.54) is 25.7 Å². The van der Waals surface area contributed by atoms with Crippen LogP contribution in [-0.2, 0) is 28.7 Å². The van der Waals surface area contributed by atoms with Gasteiger partial charge in [-0.3, -0.25) is 19.2 Å². The summed E-state index contributed by atoms with van der Waals surface area (Å²) in [5.74, 6) is 0.979. The summed E-state index contributed by atoms with van der Waals surface area (Å²) >= 11 is 0. The van der Waals surface area contributed by atoms with Gasteiger partial charge in [0.2, 0.25) is 0 Å². The third-order valence-corrected chi connectivity index (χ3v) is 18.3. The summed E-state index contributed by atoms with van der Waals surface area (Å²) in [7, 11) is 0. The molecule has 0 saturated heterocycles. The van der Waals surface area contributed by atoms with Crippen LogP contribution in [0.1, 0.15) is 179 Å². The minimum atomic E-state index is -0.876. The number of ether oxygens (including phenoxy) is 2. The summed E-state index contributed by atoms with van der Waals surface area (Å²) in [5, 5.41) is 19.0. The van der Waals surface area contributed by atoms with Crippen LogP contribution >= 0.6 is 0 Å². The Balaban J connectivity index is 1.35. The van der Waals surface area contributed by atoms with Crippen molar-refractivity contribution >= 4 is 23.9 Å². The van der Waals surface area contributed by atoms with Gasteiger partial charge in [0.05, 0.1) is 32.3 Å². The third-order valence-electron chi connectivity index (χ3n) is 18.3. The van der Waals surface area contributed by atoms with Gasteiger partial charge in [-0.25, -0.2) is 0 Å². The van der Waals surface area contributed by atoms with E-state index in [1.54, 1.807) is 0 Å². The van der Waals surface area contributed by atoms with Crippen LogP contribution in [0.15, 0.2) is 0 Å². The summed E-state index contributed by atoms with van der Waals surface area (Å²) < 4.78 is 12.6. The molecule has 5 rings (SSSR count). The van der Waals surface area contributed by atoms with Crippen LogP contribution in [0.5, 0.6) is 0 Å². The van der Waals surface area contributed by atoms with Crippen molar-refractivity contribution in [3.8, 4) is 0 Å². The quantitative estimate of drug-likeness (QED) is 0.168. The summed E-state index contributed by atoms with van der Waals surface area (Å²) in [6.45, 7) is 25.4. The van der Waals surface area contributed by atoms with Gasteiger partial charge >= 0.3 is 23.9 Å². The first kappa shape index (κ1) is 43.0. The Labute approximate surface area is 327 Å². The largest absolute Gasteiger partial charge is 0.481 e. The second-order valence-corrected chi connectivity index (χ2v) is 21.8. The molecule has 5 aliphatic rings. The molecule has 0 heterocycles.